The Morgan fingerprint density at radius 2 is 1.95 bits per heavy atom. The molecule has 0 bridgehead atoms. The van der Waals surface area contributed by atoms with E-state index in [0.29, 0.717) is 12.8 Å². The smallest absolute Gasteiger partial charge is 0.245 e. The molecular weight excluding hydrogens is 316 g/mol. The number of ketones is 1. The zero-order valence-electron chi connectivity index (χ0n) is 9.70. The lowest BCUT2D eigenvalue weighted by atomic mass is 10.1. The SMILES string of the molecule is O=C1CCCN(S(=O)(=O)c2ccc(Cl)c(F)c2Cl)C1. The summed E-state index contributed by atoms with van der Waals surface area (Å²) in [4.78, 5) is 11.0. The molecule has 19 heavy (non-hydrogen) atoms. The molecule has 0 N–H and O–H groups in total. The van der Waals surface area contributed by atoms with E-state index in [1.54, 1.807) is 0 Å². The zero-order chi connectivity index (χ0) is 14.2. The van der Waals surface area contributed by atoms with Crippen molar-refractivity contribution in [3.63, 3.8) is 0 Å². The molecule has 0 atom stereocenters. The van der Waals surface area contributed by atoms with E-state index in [2.05, 4.69) is 0 Å². The van der Waals surface area contributed by atoms with Gasteiger partial charge in [-0.25, -0.2) is 12.8 Å². The third-order valence-electron chi connectivity index (χ3n) is 2.83. The number of carbonyl (C=O) groups is 1. The molecule has 8 heteroatoms. The Hall–Kier alpha value is -0.690. The standard InChI is InChI=1S/C11H10Cl2FNO3S/c12-8-3-4-9(10(13)11(8)14)19(17,18)15-5-1-2-7(16)6-15/h3-4H,1-2,5-6H2. The predicted molar refractivity (Wildman–Crippen MR) is 69.4 cm³/mol. The number of piperidine rings is 1. The van der Waals surface area contributed by atoms with E-state index in [4.69, 9.17) is 23.2 Å². The number of rotatable bonds is 2. The van der Waals surface area contributed by atoms with Gasteiger partial charge in [-0.05, 0) is 18.6 Å². The number of Topliss-reactive ketones (excluding diaryl/α,β-unsaturated/α-hetero) is 1. The second-order valence-electron chi connectivity index (χ2n) is 4.15. The quantitative estimate of drug-likeness (QED) is 0.785. The number of nitrogens with zero attached hydrogens (tertiary/aromatic N) is 1. The summed E-state index contributed by atoms with van der Waals surface area (Å²) in [5, 5.41) is -0.802. The predicted octanol–water partition coefficient (Wildman–Crippen LogP) is 2.49. The summed E-state index contributed by atoms with van der Waals surface area (Å²) in [6.45, 7) is 0.0115. The van der Waals surface area contributed by atoms with Gasteiger partial charge >= 0.3 is 0 Å². The molecule has 1 fully saturated rings. The molecule has 2 rings (SSSR count). The Labute approximate surface area is 120 Å². The average molecular weight is 326 g/mol. The van der Waals surface area contributed by atoms with Gasteiger partial charge in [-0.2, -0.15) is 4.31 Å². The van der Waals surface area contributed by atoms with E-state index in [9.17, 15) is 17.6 Å². The minimum absolute atomic E-state index is 0.166. The van der Waals surface area contributed by atoms with Crippen molar-refractivity contribution in [2.75, 3.05) is 13.1 Å². The molecule has 1 aliphatic rings. The van der Waals surface area contributed by atoms with Gasteiger partial charge in [0.25, 0.3) is 0 Å². The van der Waals surface area contributed by atoms with Gasteiger partial charge in [-0.1, -0.05) is 23.2 Å². The van der Waals surface area contributed by atoms with Gasteiger partial charge in [0.15, 0.2) is 5.82 Å². The largest absolute Gasteiger partial charge is 0.298 e. The molecule has 0 unspecified atom stereocenters. The third kappa shape index (κ3) is 2.76. The van der Waals surface area contributed by atoms with Crippen LogP contribution in [0.5, 0.6) is 0 Å². The van der Waals surface area contributed by atoms with Crippen LogP contribution in [0.2, 0.25) is 10.0 Å². The fraction of sp³-hybridized carbons (Fsp3) is 0.364. The lowest BCUT2D eigenvalue weighted by molar-refractivity contribution is -0.120. The highest BCUT2D eigenvalue weighted by atomic mass is 35.5. The van der Waals surface area contributed by atoms with Crippen LogP contribution in [0.1, 0.15) is 12.8 Å². The van der Waals surface area contributed by atoms with Gasteiger partial charge in [-0.3, -0.25) is 4.79 Å². The minimum Gasteiger partial charge on any atom is -0.298 e. The summed E-state index contributed by atoms with van der Waals surface area (Å²) >= 11 is 11.2. The fourth-order valence-corrected chi connectivity index (χ4v) is 4.04. The van der Waals surface area contributed by atoms with Gasteiger partial charge in [0.05, 0.1) is 16.6 Å². The number of benzene rings is 1. The van der Waals surface area contributed by atoms with Crippen LogP contribution in [0.25, 0.3) is 0 Å². The Bertz CT molecular complexity index is 633. The molecule has 0 radical (unpaired) electrons. The van der Waals surface area contributed by atoms with Crippen LogP contribution in [0.15, 0.2) is 17.0 Å². The number of hydrogen-bond donors (Lipinski definition) is 0. The normalized spacial score (nSPS) is 17.7. The minimum atomic E-state index is -3.98. The number of halogens is 3. The molecule has 104 valence electrons. The van der Waals surface area contributed by atoms with Crippen LogP contribution < -0.4 is 0 Å². The van der Waals surface area contributed by atoms with Crippen LogP contribution >= 0.6 is 23.2 Å². The molecule has 0 amide bonds. The van der Waals surface area contributed by atoms with Crippen molar-refractivity contribution >= 4 is 39.0 Å². The zero-order valence-corrected chi connectivity index (χ0v) is 12.0. The first kappa shape index (κ1) is 14.7. The van der Waals surface area contributed by atoms with Crippen molar-refractivity contribution in [3.8, 4) is 0 Å². The van der Waals surface area contributed by atoms with Crippen molar-refractivity contribution in [2.45, 2.75) is 17.7 Å². The molecule has 1 aliphatic heterocycles. The maximum atomic E-state index is 13.6. The van der Waals surface area contributed by atoms with Crippen molar-refractivity contribution in [1.82, 2.24) is 4.31 Å². The first-order chi connectivity index (χ1) is 8.84. The monoisotopic (exact) mass is 325 g/mol. The van der Waals surface area contributed by atoms with Crippen LogP contribution in [0, 0.1) is 5.82 Å². The molecular formula is C11H10Cl2FNO3S. The molecule has 1 aromatic carbocycles. The van der Waals surface area contributed by atoms with Gasteiger partial charge in [0.1, 0.15) is 10.7 Å². The molecule has 0 aliphatic carbocycles. The molecule has 1 aromatic rings. The van der Waals surface area contributed by atoms with E-state index < -0.39 is 20.9 Å². The van der Waals surface area contributed by atoms with E-state index >= 15 is 0 Å². The lowest BCUT2D eigenvalue weighted by Crippen LogP contribution is -2.40. The van der Waals surface area contributed by atoms with Crippen LogP contribution in [0.3, 0.4) is 0 Å². The van der Waals surface area contributed by atoms with Crippen molar-refractivity contribution < 1.29 is 17.6 Å². The van der Waals surface area contributed by atoms with Crippen molar-refractivity contribution in [2.24, 2.45) is 0 Å². The number of carbonyl (C=O) groups excluding carboxylic acids is 1. The van der Waals surface area contributed by atoms with Gasteiger partial charge < -0.3 is 0 Å². The summed E-state index contributed by atoms with van der Waals surface area (Å²) in [5.41, 5.74) is 0. The van der Waals surface area contributed by atoms with Gasteiger partial charge in [0, 0.05) is 13.0 Å². The molecule has 0 aromatic heterocycles. The molecule has 1 heterocycles. The highest BCUT2D eigenvalue weighted by Gasteiger charge is 2.32. The summed E-state index contributed by atoms with van der Waals surface area (Å²) in [5.74, 6) is -1.15. The van der Waals surface area contributed by atoms with E-state index in [1.807, 2.05) is 0 Å². The topological polar surface area (TPSA) is 54.5 Å². The molecule has 4 nitrogen and oxygen atoms in total. The van der Waals surface area contributed by atoms with Crippen LogP contribution in [-0.2, 0) is 14.8 Å². The Morgan fingerprint density at radius 3 is 2.58 bits per heavy atom. The second kappa shape index (κ2) is 5.36. The highest BCUT2D eigenvalue weighted by Crippen LogP contribution is 2.31. The first-order valence-electron chi connectivity index (χ1n) is 5.49. The summed E-state index contributed by atoms with van der Waals surface area (Å²) < 4.78 is 39.2. The summed E-state index contributed by atoms with van der Waals surface area (Å²) in [6, 6.07) is 2.27. The average Bonchev–Trinajstić information content (AvgIpc) is 2.36. The Kier molecular flexibility index (Phi) is 4.15. The molecule has 0 saturated carbocycles. The second-order valence-corrected chi connectivity index (χ2v) is 6.85. The first-order valence-corrected chi connectivity index (χ1v) is 7.69. The molecule has 1 saturated heterocycles. The fourth-order valence-electron chi connectivity index (χ4n) is 1.86. The van der Waals surface area contributed by atoms with Crippen molar-refractivity contribution in [1.29, 1.82) is 0 Å². The van der Waals surface area contributed by atoms with E-state index in [0.717, 1.165) is 16.4 Å². The highest BCUT2D eigenvalue weighted by molar-refractivity contribution is 7.89. The Balaban J connectivity index is 2.45. The number of hydrogen-bond acceptors (Lipinski definition) is 3. The van der Waals surface area contributed by atoms with Crippen molar-refractivity contribution in [3.05, 3.63) is 28.0 Å². The number of sulfonamides is 1. The lowest BCUT2D eigenvalue weighted by Gasteiger charge is -2.25. The maximum Gasteiger partial charge on any atom is 0.245 e. The summed E-state index contributed by atoms with van der Waals surface area (Å²) in [6.07, 6.45) is 0.806. The van der Waals surface area contributed by atoms with Crippen LogP contribution in [0.4, 0.5) is 4.39 Å². The third-order valence-corrected chi connectivity index (χ3v) is 5.49. The maximum absolute atomic E-state index is 13.6. The summed E-state index contributed by atoms with van der Waals surface area (Å²) in [7, 11) is -3.98. The van der Waals surface area contributed by atoms with Gasteiger partial charge in [-0.15, -0.1) is 0 Å². The van der Waals surface area contributed by atoms with Crippen LogP contribution in [-0.4, -0.2) is 31.6 Å². The van der Waals surface area contributed by atoms with E-state index in [1.165, 1.54) is 0 Å². The van der Waals surface area contributed by atoms with E-state index in [-0.39, 0.29) is 28.8 Å². The Morgan fingerprint density at radius 1 is 1.26 bits per heavy atom. The molecule has 0 spiro atoms. The van der Waals surface area contributed by atoms with Gasteiger partial charge in [0.2, 0.25) is 10.0 Å².